The zero-order valence-electron chi connectivity index (χ0n) is 16.0. The van der Waals surface area contributed by atoms with E-state index in [1.54, 1.807) is 30.3 Å². The van der Waals surface area contributed by atoms with E-state index in [0.29, 0.717) is 18.4 Å². The number of esters is 1. The first kappa shape index (κ1) is 19.6. The van der Waals surface area contributed by atoms with Crippen molar-refractivity contribution in [2.75, 3.05) is 11.5 Å². The second-order valence-corrected chi connectivity index (χ2v) is 7.23. The lowest BCUT2D eigenvalue weighted by molar-refractivity contribution is -0.122. The molecule has 1 aliphatic heterocycles. The molecule has 0 bridgehead atoms. The van der Waals surface area contributed by atoms with Gasteiger partial charge < -0.3 is 9.84 Å². The van der Waals surface area contributed by atoms with Crippen LogP contribution in [-0.2, 0) is 14.3 Å². The standard InChI is InChI=1S/C23H19NO6/c25-19-11-10-15(24-21(27)16-8-4-5-9-17(16)22(24)28)12-18(19)23(29)30-13-20(26)14-6-2-1-3-7-14/h1-7,10-12,16-17,25H,8-9,13H2/t16-,17-/m0/s1. The topological polar surface area (TPSA) is 101 Å². The van der Waals surface area contributed by atoms with E-state index in [0.717, 1.165) is 4.90 Å². The Morgan fingerprint density at radius 3 is 2.23 bits per heavy atom. The Kier molecular flexibility index (Phi) is 5.18. The number of allylic oxidation sites excluding steroid dienone is 2. The van der Waals surface area contributed by atoms with Gasteiger partial charge in [0.15, 0.2) is 12.4 Å². The third-order valence-corrected chi connectivity index (χ3v) is 5.40. The number of ether oxygens (including phenoxy) is 1. The van der Waals surface area contributed by atoms with Crippen LogP contribution < -0.4 is 4.90 Å². The number of rotatable bonds is 5. The van der Waals surface area contributed by atoms with Gasteiger partial charge in [-0.1, -0.05) is 42.5 Å². The van der Waals surface area contributed by atoms with Crippen molar-refractivity contribution >= 4 is 29.3 Å². The first-order valence-corrected chi connectivity index (χ1v) is 9.58. The predicted molar refractivity (Wildman–Crippen MR) is 107 cm³/mol. The summed E-state index contributed by atoms with van der Waals surface area (Å²) in [6.45, 7) is -0.496. The van der Waals surface area contributed by atoms with Crippen LogP contribution in [0.2, 0.25) is 0 Å². The third-order valence-electron chi connectivity index (χ3n) is 5.40. The Morgan fingerprint density at radius 1 is 0.967 bits per heavy atom. The number of hydrogen-bond acceptors (Lipinski definition) is 6. The molecule has 1 N–H and O–H groups in total. The number of Topliss-reactive ketones (excluding diaryl/α,β-unsaturated/α-hetero) is 1. The van der Waals surface area contributed by atoms with Gasteiger partial charge in [0, 0.05) is 5.56 Å². The molecule has 30 heavy (non-hydrogen) atoms. The number of carbonyl (C=O) groups excluding carboxylic acids is 4. The second kappa shape index (κ2) is 7.94. The smallest absolute Gasteiger partial charge is 0.342 e. The SMILES string of the molecule is O=C(COC(=O)c1cc(N2C(=O)[C@H]3CC=CC[C@@H]3C2=O)ccc1O)c1ccccc1. The highest BCUT2D eigenvalue weighted by Crippen LogP contribution is 2.38. The second-order valence-electron chi connectivity index (χ2n) is 7.23. The van der Waals surface area contributed by atoms with Crippen LogP contribution in [0, 0.1) is 11.8 Å². The number of benzene rings is 2. The molecule has 7 nitrogen and oxygen atoms in total. The van der Waals surface area contributed by atoms with Gasteiger partial charge in [-0.15, -0.1) is 0 Å². The summed E-state index contributed by atoms with van der Waals surface area (Å²) in [6.07, 6.45) is 4.78. The molecule has 7 heteroatoms. The van der Waals surface area contributed by atoms with Gasteiger partial charge in [-0.3, -0.25) is 19.3 Å². The molecule has 4 rings (SSSR count). The van der Waals surface area contributed by atoms with Gasteiger partial charge in [0.1, 0.15) is 11.3 Å². The lowest BCUT2D eigenvalue weighted by atomic mass is 9.85. The summed E-state index contributed by atoms with van der Waals surface area (Å²) < 4.78 is 5.04. The molecule has 0 unspecified atom stereocenters. The van der Waals surface area contributed by atoms with Crippen LogP contribution in [0.25, 0.3) is 0 Å². The highest BCUT2D eigenvalue weighted by atomic mass is 16.5. The number of phenols is 1. The number of fused-ring (bicyclic) bond motifs is 1. The van der Waals surface area contributed by atoms with Gasteiger partial charge in [0.25, 0.3) is 0 Å². The maximum atomic E-state index is 12.7. The van der Waals surface area contributed by atoms with Crippen LogP contribution >= 0.6 is 0 Å². The molecule has 2 aromatic carbocycles. The molecule has 1 saturated heterocycles. The van der Waals surface area contributed by atoms with Crippen molar-refractivity contribution in [3.8, 4) is 5.75 Å². The lowest BCUT2D eigenvalue weighted by Crippen LogP contribution is -2.31. The van der Waals surface area contributed by atoms with Crippen molar-refractivity contribution in [1.29, 1.82) is 0 Å². The molecule has 2 atom stereocenters. The van der Waals surface area contributed by atoms with E-state index >= 15 is 0 Å². The van der Waals surface area contributed by atoms with Crippen molar-refractivity contribution in [2.45, 2.75) is 12.8 Å². The average Bonchev–Trinajstić information content (AvgIpc) is 3.03. The lowest BCUT2D eigenvalue weighted by Gasteiger charge is -2.16. The minimum Gasteiger partial charge on any atom is -0.507 e. The molecule has 0 spiro atoms. The minimum absolute atomic E-state index is 0.193. The molecule has 2 amide bonds. The summed E-state index contributed by atoms with van der Waals surface area (Å²) in [5, 5.41) is 10.1. The van der Waals surface area contributed by atoms with Crippen LogP contribution in [0.15, 0.2) is 60.7 Å². The summed E-state index contributed by atoms with van der Waals surface area (Å²) in [7, 11) is 0. The predicted octanol–water partition coefficient (Wildman–Crippen LogP) is 2.89. The Bertz CT molecular complexity index is 1030. The van der Waals surface area contributed by atoms with Gasteiger partial charge in [-0.25, -0.2) is 4.79 Å². The van der Waals surface area contributed by atoms with Crippen molar-refractivity contribution in [3.05, 3.63) is 71.8 Å². The normalized spacial score (nSPS) is 20.2. The van der Waals surface area contributed by atoms with Crippen LogP contribution in [0.3, 0.4) is 0 Å². The Balaban J connectivity index is 1.52. The number of phenolic OH excluding ortho intramolecular Hbond substituents is 1. The molecule has 1 fully saturated rings. The van der Waals surface area contributed by atoms with Gasteiger partial charge >= 0.3 is 5.97 Å². The summed E-state index contributed by atoms with van der Waals surface area (Å²) in [4.78, 5) is 51.1. The first-order chi connectivity index (χ1) is 14.5. The van der Waals surface area contributed by atoms with Crippen molar-refractivity contribution < 1.29 is 29.0 Å². The van der Waals surface area contributed by atoms with Crippen LogP contribution in [-0.4, -0.2) is 35.3 Å². The van der Waals surface area contributed by atoms with Gasteiger partial charge in [0.05, 0.1) is 17.5 Å². The number of imide groups is 1. The quantitative estimate of drug-likeness (QED) is 0.355. The number of ketones is 1. The number of amides is 2. The van der Waals surface area contributed by atoms with E-state index in [2.05, 4.69) is 0 Å². The number of hydrogen-bond donors (Lipinski definition) is 1. The molecule has 1 aliphatic carbocycles. The zero-order valence-corrected chi connectivity index (χ0v) is 16.0. The minimum atomic E-state index is -0.920. The van der Waals surface area contributed by atoms with E-state index in [-0.39, 0.29) is 34.6 Å². The fraction of sp³-hybridized carbons (Fsp3) is 0.217. The number of aromatic hydroxyl groups is 1. The van der Waals surface area contributed by atoms with E-state index in [1.807, 2.05) is 12.2 Å². The van der Waals surface area contributed by atoms with E-state index in [9.17, 15) is 24.3 Å². The Labute approximate surface area is 172 Å². The van der Waals surface area contributed by atoms with Gasteiger partial charge in [0.2, 0.25) is 11.8 Å². The fourth-order valence-corrected chi connectivity index (χ4v) is 3.80. The highest BCUT2D eigenvalue weighted by molar-refractivity contribution is 6.22. The van der Waals surface area contributed by atoms with E-state index in [4.69, 9.17) is 4.74 Å². The summed E-state index contributed by atoms with van der Waals surface area (Å²) in [6, 6.07) is 12.2. The Hall–Kier alpha value is -3.74. The van der Waals surface area contributed by atoms with Gasteiger partial charge in [-0.05, 0) is 31.0 Å². The van der Waals surface area contributed by atoms with Crippen molar-refractivity contribution in [2.24, 2.45) is 11.8 Å². The number of nitrogens with zero attached hydrogens (tertiary/aromatic N) is 1. The maximum Gasteiger partial charge on any atom is 0.342 e. The van der Waals surface area contributed by atoms with Crippen LogP contribution in [0.1, 0.15) is 33.6 Å². The molecule has 2 aliphatic rings. The van der Waals surface area contributed by atoms with Crippen molar-refractivity contribution in [3.63, 3.8) is 0 Å². The molecular formula is C23H19NO6. The van der Waals surface area contributed by atoms with Crippen LogP contribution in [0.5, 0.6) is 5.75 Å². The summed E-state index contributed by atoms with van der Waals surface area (Å²) >= 11 is 0. The third kappa shape index (κ3) is 3.50. The Morgan fingerprint density at radius 2 is 1.60 bits per heavy atom. The molecular weight excluding hydrogens is 386 g/mol. The monoisotopic (exact) mass is 405 g/mol. The fourth-order valence-electron chi connectivity index (χ4n) is 3.80. The highest BCUT2D eigenvalue weighted by Gasteiger charge is 2.48. The molecule has 0 saturated carbocycles. The van der Waals surface area contributed by atoms with Gasteiger partial charge in [-0.2, -0.15) is 0 Å². The number of anilines is 1. The van der Waals surface area contributed by atoms with Crippen molar-refractivity contribution in [1.82, 2.24) is 0 Å². The largest absolute Gasteiger partial charge is 0.507 e. The molecule has 0 radical (unpaired) electrons. The summed E-state index contributed by atoms with van der Waals surface area (Å²) in [5.74, 6) is -3.13. The van der Waals surface area contributed by atoms with E-state index < -0.39 is 24.4 Å². The molecule has 1 heterocycles. The maximum absolute atomic E-state index is 12.7. The first-order valence-electron chi connectivity index (χ1n) is 9.58. The van der Waals surface area contributed by atoms with Crippen LogP contribution in [0.4, 0.5) is 5.69 Å². The van der Waals surface area contributed by atoms with E-state index in [1.165, 1.54) is 18.2 Å². The molecule has 152 valence electrons. The zero-order chi connectivity index (χ0) is 21.3. The average molecular weight is 405 g/mol. The number of carbonyl (C=O) groups is 4. The molecule has 2 aromatic rings. The molecule has 0 aromatic heterocycles. The summed E-state index contributed by atoms with van der Waals surface area (Å²) in [5.41, 5.74) is 0.369.